The van der Waals surface area contributed by atoms with E-state index in [2.05, 4.69) is 0 Å². The molecular weight excluding hydrogens is 244 g/mol. The Bertz CT molecular complexity index is 584. The van der Waals surface area contributed by atoms with Crippen molar-refractivity contribution in [3.8, 4) is 0 Å². The number of hydrogen-bond donors (Lipinski definition) is 0. The van der Waals surface area contributed by atoms with Crippen molar-refractivity contribution in [3.05, 3.63) is 23.8 Å². The van der Waals surface area contributed by atoms with Gasteiger partial charge in [-0.25, -0.2) is 16.8 Å². The van der Waals surface area contributed by atoms with Crippen LogP contribution in [-0.2, 0) is 20.2 Å². The zero-order valence-corrected chi connectivity index (χ0v) is 9.13. The van der Waals surface area contributed by atoms with Crippen molar-refractivity contribution in [1.82, 2.24) is 0 Å². The Balaban J connectivity index is 3.57. The van der Waals surface area contributed by atoms with E-state index in [9.17, 15) is 25.9 Å². The topological polar surface area (TPSA) is 114 Å². The van der Waals surface area contributed by atoms with Gasteiger partial charge in [-0.1, -0.05) is 6.07 Å². The van der Waals surface area contributed by atoms with Crippen molar-refractivity contribution >= 4 is 20.2 Å². The van der Waals surface area contributed by atoms with Crippen LogP contribution in [0.4, 0.5) is 0 Å². The van der Waals surface area contributed by atoms with Gasteiger partial charge in [0.25, 0.3) is 0 Å². The SMILES string of the molecule is Cc1ccc(S(=O)(=O)[O-])cc1S(=O)(=O)[O-]. The summed E-state index contributed by atoms with van der Waals surface area (Å²) in [6.07, 6.45) is 0. The second-order valence-electron chi connectivity index (χ2n) is 2.84. The van der Waals surface area contributed by atoms with E-state index in [-0.39, 0.29) is 5.56 Å². The van der Waals surface area contributed by atoms with Crippen molar-refractivity contribution in [2.45, 2.75) is 16.7 Å². The summed E-state index contributed by atoms with van der Waals surface area (Å²) in [7, 11) is -9.53. The molecule has 0 heterocycles. The van der Waals surface area contributed by atoms with Gasteiger partial charge < -0.3 is 9.11 Å². The molecule has 0 aliphatic carbocycles. The lowest BCUT2D eigenvalue weighted by Crippen LogP contribution is -2.05. The zero-order chi connectivity index (χ0) is 11.9. The number of benzene rings is 1. The first-order chi connectivity index (χ1) is 6.62. The highest BCUT2D eigenvalue weighted by molar-refractivity contribution is 7.86. The van der Waals surface area contributed by atoms with Crippen molar-refractivity contribution in [3.63, 3.8) is 0 Å². The molecular formula is C7H6O6S2-2. The van der Waals surface area contributed by atoms with E-state index in [4.69, 9.17) is 0 Å². The van der Waals surface area contributed by atoms with Crippen LogP contribution in [0.3, 0.4) is 0 Å². The van der Waals surface area contributed by atoms with Gasteiger partial charge in [-0.05, 0) is 24.6 Å². The third-order valence-corrected chi connectivity index (χ3v) is 3.53. The lowest BCUT2D eigenvalue weighted by molar-refractivity contribution is 0.460. The van der Waals surface area contributed by atoms with Gasteiger partial charge in [0.15, 0.2) is 0 Å². The molecule has 84 valence electrons. The second-order valence-corrected chi connectivity index (χ2v) is 5.56. The highest BCUT2D eigenvalue weighted by Gasteiger charge is 2.09. The quantitative estimate of drug-likeness (QED) is 0.671. The average Bonchev–Trinajstić information content (AvgIpc) is 2.00. The fourth-order valence-corrected chi connectivity index (χ4v) is 2.31. The fraction of sp³-hybridized carbons (Fsp3) is 0.143. The van der Waals surface area contributed by atoms with Gasteiger partial charge in [-0.2, -0.15) is 0 Å². The summed E-state index contributed by atoms with van der Waals surface area (Å²) in [6, 6.07) is 2.61. The Morgan fingerprint density at radius 1 is 1.00 bits per heavy atom. The molecule has 0 N–H and O–H groups in total. The molecule has 0 radical (unpaired) electrons. The molecule has 0 aliphatic heterocycles. The molecule has 1 aromatic rings. The minimum absolute atomic E-state index is 0.0948. The van der Waals surface area contributed by atoms with Gasteiger partial charge >= 0.3 is 0 Å². The number of rotatable bonds is 2. The minimum atomic E-state index is -4.77. The smallest absolute Gasteiger partial charge is 0.124 e. The van der Waals surface area contributed by atoms with Crippen molar-refractivity contribution in [1.29, 1.82) is 0 Å². The first-order valence-electron chi connectivity index (χ1n) is 3.65. The van der Waals surface area contributed by atoms with Crippen molar-refractivity contribution in [2.75, 3.05) is 0 Å². The van der Waals surface area contributed by atoms with E-state index in [1.54, 1.807) is 0 Å². The summed E-state index contributed by atoms with van der Waals surface area (Å²) in [6.45, 7) is 1.33. The van der Waals surface area contributed by atoms with E-state index >= 15 is 0 Å². The lowest BCUT2D eigenvalue weighted by atomic mass is 10.2. The molecule has 0 unspecified atom stereocenters. The van der Waals surface area contributed by atoms with Crippen LogP contribution in [0.25, 0.3) is 0 Å². The Hall–Kier alpha value is -0.960. The maximum Gasteiger partial charge on any atom is 0.124 e. The van der Waals surface area contributed by atoms with Crippen LogP contribution >= 0.6 is 0 Å². The summed E-state index contributed by atoms with van der Waals surface area (Å²) in [5.74, 6) is 0. The van der Waals surface area contributed by atoms with Crippen LogP contribution in [0.1, 0.15) is 5.56 Å². The van der Waals surface area contributed by atoms with Crippen LogP contribution in [0.2, 0.25) is 0 Å². The molecule has 0 fully saturated rings. The van der Waals surface area contributed by atoms with E-state index in [1.807, 2.05) is 0 Å². The van der Waals surface area contributed by atoms with Crippen LogP contribution in [0.5, 0.6) is 0 Å². The largest absolute Gasteiger partial charge is 0.744 e. The first-order valence-corrected chi connectivity index (χ1v) is 6.46. The third-order valence-electron chi connectivity index (χ3n) is 1.72. The molecule has 6 nitrogen and oxygen atoms in total. The predicted octanol–water partition coefficient (Wildman–Crippen LogP) is -0.197. The van der Waals surface area contributed by atoms with Crippen molar-refractivity contribution in [2.24, 2.45) is 0 Å². The standard InChI is InChI=1S/C7H8O6S2/c1-5-2-3-6(14(8,9)10)4-7(5)15(11,12)13/h2-4H,1H3,(H,8,9,10)(H,11,12,13)/p-2. The van der Waals surface area contributed by atoms with Gasteiger partial charge in [0.2, 0.25) is 0 Å². The van der Waals surface area contributed by atoms with Crippen LogP contribution in [0, 0.1) is 6.92 Å². The molecule has 8 heteroatoms. The molecule has 0 saturated carbocycles. The summed E-state index contributed by atoms with van der Waals surface area (Å²) in [5, 5.41) is 0. The lowest BCUT2D eigenvalue weighted by Gasteiger charge is -2.13. The maximum atomic E-state index is 10.7. The van der Waals surface area contributed by atoms with Crippen LogP contribution in [0.15, 0.2) is 28.0 Å². The minimum Gasteiger partial charge on any atom is -0.744 e. The molecule has 0 aromatic heterocycles. The molecule has 1 rings (SSSR count). The Morgan fingerprint density at radius 2 is 1.53 bits per heavy atom. The number of aryl methyl sites for hydroxylation is 1. The maximum absolute atomic E-state index is 10.7. The van der Waals surface area contributed by atoms with E-state index in [0.29, 0.717) is 6.07 Å². The third kappa shape index (κ3) is 2.75. The summed E-state index contributed by atoms with van der Waals surface area (Å²) in [5.41, 5.74) is 0.0948. The Labute approximate surface area is 87.1 Å². The van der Waals surface area contributed by atoms with Gasteiger partial charge in [0.05, 0.1) is 9.79 Å². The Kier molecular flexibility index (Phi) is 2.88. The molecule has 0 spiro atoms. The summed E-state index contributed by atoms with van der Waals surface area (Å²) >= 11 is 0. The van der Waals surface area contributed by atoms with Gasteiger partial charge in [0, 0.05) is 0 Å². The summed E-state index contributed by atoms with van der Waals surface area (Å²) < 4.78 is 63.8. The molecule has 0 atom stereocenters. The molecule has 15 heavy (non-hydrogen) atoms. The van der Waals surface area contributed by atoms with E-state index in [0.717, 1.165) is 12.1 Å². The average molecular weight is 250 g/mol. The highest BCUT2D eigenvalue weighted by Crippen LogP contribution is 2.19. The normalized spacial score (nSPS) is 12.7. The summed E-state index contributed by atoms with van der Waals surface area (Å²) in [4.78, 5) is -1.43. The predicted molar refractivity (Wildman–Crippen MR) is 47.1 cm³/mol. The van der Waals surface area contributed by atoms with E-state index < -0.39 is 30.0 Å². The van der Waals surface area contributed by atoms with E-state index in [1.165, 1.54) is 6.92 Å². The van der Waals surface area contributed by atoms with Gasteiger partial charge in [0.1, 0.15) is 20.2 Å². The fourth-order valence-electron chi connectivity index (χ4n) is 1.01. The zero-order valence-electron chi connectivity index (χ0n) is 7.50. The van der Waals surface area contributed by atoms with Gasteiger partial charge in [-0.15, -0.1) is 0 Å². The molecule has 0 amide bonds. The molecule has 1 aromatic carbocycles. The Morgan fingerprint density at radius 3 is 1.93 bits per heavy atom. The monoisotopic (exact) mass is 250 g/mol. The van der Waals surface area contributed by atoms with Crippen LogP contribution < -0.4 is 0 Å². The van der Waals surface area contributed by atoms with Crippen molar-refractivity contribution < 1.29 is 25.9 Å². The second kappa shape index (κ2) is 3.56. The highest BCUT2D eigenvalue weighted by atomic mass is 32.2. The molecule has 0 bridgehead atoms. The van der Waals surface area contributed by atoms with Gasteiger partial charge in [-0.3, -0.25) is 0 Å². The molecule has 0 aliphatic rings. The number of hydrogen-bond acceptors (Lipinski definition) is 6. The molecule has 0 saturated heterocycles. The first kappa shape index (κ1) is 12.1. The van der Waals surface area contributed by atoms with Crippen LogP contribution in [-0.4, -0.2) is 25.9 Å².